The Bertz CT molecular complexity index is 541. The van der Waals surface area contributed by atoms with E-state index in [-0.39, 0.29) is 24.1 Å². The van der Waals surface area contributed by atoms with Gasteiger partial charge in [-0.2, -0.15) is 13.2 Å². The Kier molecular flexibility index (Phi) is 5.13. The summed E-state index contributed by atoms with van der Waals surface area (Å²) in [7, 11) is 0. The molecule has 0 aromatic heterocycles. The number of urea groups is 1. The largest absolute Gasteiger partial charge is 0.396 e. The molecule has 1 unspecified atom stereocenters. The number of hydrogen-bond donors (Lipinski definition) is 3. The lowest BCUT2D eigenvalue weighted by molar-refractivity contribution is -0.139. The Balaban J connectivity index is 1.99. The third-order valence-corrected chi connectivity index (χ3v) is 3.93. The van der Waals surface area contributed by atoms with Crippen LogP contribution in [0, 0.1) is 11.2 Å². The van der Waals surface area contributed by atoms with E-state index >= 15 is 0 Å². The zero-order valence-corrected chi connectivity index (χ0v) is 12.3. The van der Waals surface area contributed by atoms with Crippen LogP contribution in [0.4, 0.5) is 22.4 Å². The van der Waals surface area contributed by atoms with E-state index in [1.165, 1.54) is 12.1 Å². The molecule has 1 aromatic carbocycles. The first kappa shape index (κ1) is 17.5. The van der Waals surface area contributed by atoms with Crippen molar-refractivity contribution in [3.05, 3.63) is 35.6 Å². The number of halogens is 4. The summed E-state index contributed by atoms with van der Waals surface area (Å²) in [5.74, 6) is -0.567. The molecule has 1 saturated carbocycles. The zero-order valence-electron chi connectivity index (χ0n) is 12.3. The summed E-state index contributed by atoms with van der Waals surface area (Å²) in [6.45, 7) is 0.134. The molecule has 2 rings (SSSR count). The molecule has 1 fully saturated rings. The van der Waals surface area contributed by atoms with Gasteiger partial charge in [0.15, 0.2) is 0 Å². The average Bonchev–Trinajstić information content (AvgIpc) is 3.24. The van der Waals surface area contributed by atoms with Crippen molar-refractivity contribution in [2.45, 2.75) is 31.5 Å². The van der Waals surface area contributed by atoms with E-state index in [1.54, 1.807) is 0 Å². The van der Waals surface area contributed by atoms with E-state index in [0.29, 0.717) is 0 Å². The zero-order chi connectivity index (χ0) is 17.1. The van der Waals surface area contributed by atoms with E-state index in [1.807, 2.05) is 0 Å². The molecule has 1 aliphatic carbocycles. The van der Waals surface area contributed by atoms with Crippen molar-refractivity contribution in [3.8, 4) is 0 Å². The maximum absolute atomic E-state index is 12.9. The molecule has 1 aromatic rings. The van der Waals surface area contributed by atoms with Gasteiger partial charge in [0.05, 0.1) is 19.1 Å². The van der Waals surface area contributed by atoms with Gasteiger partial charge in [-0.05, 0) is 30.5 Å². The van der Waals surface area contributed by atoms with Crippen molar-refractivity contribution < 1.29 is 27.5 Å². The van der Waals surface area contributed by atoms with Gasteiger partial charge in [0, 0.05) is 12.0 Å². The smallest absolute Gasteiger partial charge is 0.391 e. The number of amides is 2. The second-order valence-electron chi connectivity index (χ2n) is 5.91. The van der Waals surface area contributed by atoms with Crippen molar-refractivity contribution in [1.82, 2.24) is 10.6 Å². The van der Waals surface area contributed by atoms with Crippen LogP contribution in [0.5, 0.6) is 0 Å². The van der Waals surface area contributed by atoms with Crippen molar-refractivity contribution in [2.24, 2.45) is 5.41 Å². The lowest BCUT2D eigenvalue weighted by Gasteiger charge is -2.22. The molecule has 0 radical (unpaired) electrons. The molecule has 1 atom stereocenters. The van der Waals surface area contributed by atoms with Crippen LogP contribution >= 0.6 is 0 Å². The molecule has 0 bridgehead atoms. The lowest BCUT2D eigenvalue weighted by Crippen LogP contribution is -2.42. The van der Waals surface area contributed by atoms with Gasteiger partial charge < -0.3 is 15.7 Å². The molecule has 2 amide bonds. The van der Waals surface area contributed by atoms with Gasteiger partial charge in [0.2, 0.25) is 0 Å². The van der Waals surface area contributed by atoms with Crippen LogP contribution in [0.1, 0.15) is 30.9 Å². The minimum atomic E-state index is -4.48. The number of aliphatic hydroxyl groups is 1. The molecule has 4 nitrogen and oxygen atoms in total. The molecule has 23 heavy (non-hydrogen) atoms. The van der Waals surface area contributed by atoms with Gasteiger partial charge in [-0.3, -0.25) is 0 Å². The number of alkyl halides is 3. The van der Waals surface area contributed by atoms with E-state index in [2.05, 4.69) is 10.6 Å². The van der Waals surface area contributed by atoms with Crippen LogP contribution in [-0.2, 0) is 0 Å². The Hall–Kier alpha value is -1.83. The molecule has 0 heterocycles. The normalized spacial score (nSPS) is 17.4. The van der Waals surface area contributed by atoms with Gasteiger partial charge in [0.25, 0.3) is 0 Å². The number of carbonyl (C=O) groups excluding carboxylic acids is 1. The van der Waals surface area contributed by atoms with Gasteiger partial charge in [-0.25, -0.2) is 9.18 Å². The van der Waals surface area contributed by atoms with Gasteiger partial charge in [0.1, 0.15) is 5.82 Å². The van der Waals surface area contributed by atoms with E-state index in [4.69, 9.17) is 5.11 Å². The molecule has 0 spiro atoms. The molecule has 1 aliphatic rings. The quantitative estimate of drug-likeness (QED) is 0.701. The van der Waals surface area contributed by atoms with Crippen molar-refractivity contribution in [2.75, 3.05) is 13.2 Å². The standard InChI is InChI=1S/C15H18F4N2O2/c16-11-3-1-10(2-4-11)12(7-15(17,18)19)21-13(23)20-8-14(9-22)5-6-14/h1-4,12,22H,5-9H2,(H2,20,21,23). The molecule has 0 saturated heterocycles. The fourth-order valence-electron chi connectivity index (χ4n) is 2.22. The maximum Gasteiger partial charge on any atom is 0.391 e. The van der Waals surface area contributed by atoms with Gasteiger partial charge >= 0.3 is 12.2 Å². The molecule has 128 valence electrons. The first-order chi connectivity index (χ1) is 10.7. The second kappa shape index (κ2) is 6.74. The number of nitrogens with one attached hydrogen (secondary N) is 2. The van der Waals surface area contributed by atoms with Gasteiger partial charge in [-0.15, -0.1) is 0 Å². The SMILES string of the molecule is O=C(NCC1(CO)CC1)NC(CC(F)(F)F)c1ccc(F)cc1. The predicted octanol–water partition coefficient (Wildman–Crippen LogP) is 2.89. The average molecular weight is 334 g/mol. The van der Waals surface area contributed by atoms with E-state index < -0.39 is 30.5 Å². The highest BCUT2D eigenvalue weighted by molar-refractivity contribution is 5.74. The number of benzene rings is 1. The summed E-state index contributed by atoms with van der Waals surface area (Å²) in [4.78, 5) is 11.8. The minimum absolute atomic E-state index is 0.0722. The Morgan fingerprint density at radius 2 is 1.87 bits per heavy atom. The summed E-state index contributed by atoms with van der Waals surface area (Å²) in [6, 6.07) is 2.46. The Morgan fingerprint density at radius 3 is 2.35 bits per heavy atom. The fourth-order valence-corrected chi connectivity index (χ4v) is 2.22. The van der Waals surface area contributed by atoms with Crippen LogP contribution < -0.4 is 10.6 Å². The third-order valence-electron chi connectivity index (χ3n) is 3.93. The molecule has 8 heteroatoms. The lowest BCUT2D eigenvalue weighted by atomic mass is 10.0. The van der Waals surface area contributed by atoms with Gasteiger partial charge in [-0.1, -0.05) is 12.1 Å². The highest BCUT2D eigenvalue weighted by Gasteiger charge is 2.42. The molecular formula is C15H18F4N2O2. The van der Waals surface area contributed by atoms with Crippen LogP contribution in [0.25, 0.3) is 0 Å². The third kappa shape index (κ3) is 5.38. The van der Waals surface area contributed by atoms with Crippen LogP contribution in [0.2, 0.25) is 0 Å². The van der Waals surface area contributed by atoms with Crippen molar-refractivity contribution >= 4 is 6.03 Å². The summed E-state index contributed by atoms with van der Waals surface area (Å²) in [6.07, 6.45) is -4.19. The summed E-state index contributed by atoms with van der Waals surface area (Å²) in [5.41, 5.74) is -0.172. The minimum Gasteiger partial charge on any atom is -0.396 e. The van der Waals surface area contributed by atoms with E-state index in [0.717, 1.165) is 25.0 Å². The first-order valence-electron chi connectivity index (χ1n) is 7.20. The highest BCUT2D eigenvalue weighted by Crippen LogP contribution is 2.44. The summed E-state index contributed by atoms with van der Waals surface area (Å²) < 4.78 is 50.9. The Labute approximate surface area is 130 Å². The fraction of sp³-hybridized carbons (Fsp3) is 0.533. The van der Waals surface area contributed by atoms with Crippen LogP contribution in [0.15, 0.2) is 24.3 Å². The van der Waals surface area contributed by atoms with Crippen LogP contribution in [0.3, 0.4) is 0 Å². The first-order valence-corrected chi connectivity index (χ1v) is 7.20. The number of carbonyl (C=O) groups is 1. The molecule has 3 N–H and O–H groups in total. The monoisotopic (exact) mass is 334 g/mol. The van der Waals surface area contributed by atoms with E-state index in [9.17, 15) is 22.4 Å². The highest BCUT2D eigenvalue weighted by atomic mass is 19.4. The number of aliphatic hydroxyl groups excluding tert-OH is 1. The second-order valence-corrected chi connectivity index (χ2v) is 5.91. The summed E-state index contributed by atoms with van der Waals surface area (Å²) in [5, 5.41) is 13.9. The number of rotatable bonds is 6. The summed E-state index contributed by atoms with van der Waals surface area (Å²) >= 11 is 0. The number of hydrogen-bond acceptors (Lipinski definition) is 2. The van der Waals surface area contributed by atoms with Crippen molar-refractivity contribution in [1.29, 1.82) is 0 Å². The van der Waals surface area contributed by atoms with Crippen LogP contribution in [-0.4, -0.2) is 30.5 Å². The maximum atomic E-state index is 12.9. The topological polar surface area (TPSA) is 61.4 Å². The molecular weight excluding hydrogens is 316 g/mol. The molecule has 0 aliphatic heterocycles. The predicted molar refractivity (Wildman–Crippen MR) is 75.1 cm³/mol. The van der Waals surface area contributed by atoms with Crippen molar-refractivity contribution in [3.63, 3.8) is 0 Å². The Morgan fingerprint density at radius 1 is 1.26 bits per heavy atom.